The second-order valence-electron chi connectivity index (χ2n) is 9.23. The van der Waals surface area contributed by atoms with Crippen LogP contribution < -0.4 is 14.9 Å². The number of nitrogens with zero attached hydrogens (tertiary/aromatic N) is 1. The Morgan fingerprint density at radius 1 is 1.06 bits per heavy atom. The fraction of sp³-hybridized carbons (Fsp3) is 0.727. The van der Waals surface area contributed by atoms with Crippen molar-refractivity contribution in [3.05, 3.63) is 23.8 Å². The van der Waals surface area contributed by atoms with Gasteiger partial charge in [0.15, 0.2) is 11.6 Å². The summed E-state index contributed by atoms with van der Waals surface area (Å²) < 4.78 is 62.0. The van der Waals surface area contributed by atoms with Gasteiger partial charge in [-0.05, 0) is 71.4 Å². The molecule has 1 aliphatic carbocycles. The lowest BCUT2D eigenvalue weighted by molar-refractivity contribution is -0.00542. The van der Waals surface area contributed by atoms with Gasteiger partial charge in [-0.1, -0.05) is 0 Å². The Balaban J connectivity index is 1.54. The highest BCUT2D eigenvalue weighted by atomic mass is 32.2. The minimum absolute atomic E-state index is 0.0378. The number of halogens is 2. The summed E-state index contributed by atoms with van der Waals surface area (Å²) in [6.07, 6.45) is 3.10. The number of benzene rings is 1. The van der Waals surface area contributed by atoms with E-state index in [1.54, 1.807) is 26.0 Å². The molecule has 2 N–H and O–H groups in total. The highest BCUT2D eigenvalue weighted by Gasteiger charge is 2.28. The van der Waals surface area contributed by atoms with Crippen molar-refractivity contribution in [2.45, 2.75) is 76.9 Å². The largest absolute Gasteiger partial charge is 0.382 e. The Kier molecular flexibility index (Phi) is 7.81. The Hall–Kier alpha value is -1.45. The lowest BCUT2D eigenvalue weighted by Crippen LogP contribution is -2.45. The van der Waals surface area contributed by atoms with Gasteiger partial charge in [0.25, 0.3) is 0 Å². The molecule has 0 radical (unpaired) electrons. The third-order valence-corrected chi connectivity index (χ3v) is 8.10. The van der Waals surface area contributed by atoms with E-state index in [1.165, 1.54) is 0 Å². The van der Waals surface area contributed by atoms with E-state index in [9.17, 15) is 17.2 Å². The van der Waals surface area contributed by atoms with Gasteiger partial charge in [0.05, 0.1) is 28.8 Å². The van der Waals surface area contributed by atoms with E-state index in [0.29, 0.717) is 25.6 Å². The molecule has 1 unspecified atom stereocenters. The zero-order valence-electron chi connectivity index (χ0n) is 18.8. The molecule has 2 fully saturated rings. The quantitative estimate of drug-likeness (QED) is 0.648. The molecule has 0 bridgehead atoms. The molecule has 176 valence electrons. The first-order valence-corrected chi connectivity index (χ1v) is 12.7. The van der Waals surface area contributed by atoms with Crippen LogP contribution in [0.25, 0.3) is 0 Å². The maximum atomic E-state index is 14.8. The van der Waals surface area contributed by atoms with Gasteiger partial charge < -0.3 is 15.0 Å². The molecule has 1 aliphatic heterocycles. The molecular formula is C22H35F2N3O3S. The predicted molar refractivity (Wildman–Crippen MR) is 120 cm³/mol. The molecule has 2 aliphatic rings. The van der Waals surface area contributed by atoms with Crippen LogP contribution in [0.3, 0.4) is 0 Å². The molecule has 1 heterocycles. The average Bonchev–Trinajstić information content (AvgIpc) is 2.69. The van der Waals surface area contributed by atoms with Crippen LogP contribution in [0.1, 0.15) is 53.4 Å². The minimum atomic E-state index is -3.27. The van der Waals surface area contributed by atoms with Crippen molar-refractivity contribution in [3.63, 3.8) is 0 Å². The molecule has 2 atom stereocenters. The summed E-state index contributed by atoms with van der Waals surface area (Å²) in [5.74, 6) is -1.40. The number of nitrogens with one attached hydrogen (secondary N) is 2. The van der Waals surface area contributed by atoms with Gasteiger partial charge in [-0.15, -0.1) is 0 Å². The number of hydrogen-bond acceptors (Lipinski definition) is 5. The first-order valence-electron chi connectivity index (χ1n) is 11.2. The summed E-state index contributed by atoms with van der Waals surface area (Å²) in [5, 5.41) is 2.61. The van der Waals surface area contributed by atoms with Crippen LogP contribution in [-0.2, 0) is 14.8 Å². The van der Waals surface area contributed by atoms with Gasteiger partial charge in [0.2, 0.25) is 10.0 Å². The van der Waals surface area contributed by atoms with E-state index < -0.39 is 26.9 Å². The topological polar surface area (TPSA) is 70.7 Å². The van der Waals surface area contributed by atoms with Gasteiger partial charge in [-0.25, -0.2) is 21.9 Å². The first-order chi connectivity index (χ1) is 14.6. The average molecular weight is 460 g/mol. The number of sulfonamides is 1. The number of morpholine rings is 1. The SMILES string of the molecule is CC1CN(c2ccc(NCC3CCC(NS(=O)(=O)C(C)C)CC3)c(F)c2F)C[C@@H](C)O1. The third-order valence-electron chi connectivity index (χ3n) is 6.20. The Morgan fingerprint density at radius 3 is 2.26 bits per heavy atom. The Bertz CT molecular complexity index is 848. The third kappa shape index (κ3) is 6.08. The first kappa shape index (κ1) is 24.2. The monoisotopic (exact) mass is 459 g/mol. The van der Waals surface area contributed by atoms with Crippen molar-refractivity contribution in [2.24, 2.45) is 5.92 Å². The van der Waals surface area contributed by atoms with Crippen LogP contribution in [0.4, 0.5) is 20.2 Å². The van der Waals surface area contributed by atoms with Crippen LogP contribution in [0.2, 0.25) is 0 Å². The number of hydrogen-bond donors (Lipinski definition) is 2. The fourth-order valence-corrected chi connectivity index (χ4v) is 5.37. The van der Waals surface area contributed by atoms with Gasteiger partial charge in [0.1, 0.15) is 0 Å². The Labute approximate surface area is 184 Å². The molecule has 3 rings (SSSR count). The summed E-state index contributed by atoms with van der Waals surface area (Å²) in [4.78, 5) is 1.83. The van der Waals surface area contributed by atoms with Crippen molar-refractivity contribution in [2.75, 3.05) is 29.9 Å². The highest BCUT2D eigenvalue weighted by Crippen LogP contribution is 2.30. The molecule has 1 saturated heterocycles. The van der Waals surface area contributed by atoms with Crippen LogP contribution in [0, 0.1) is 17.6 Å². The molecule has 1 saturated carbocycles. The smallest absolute Gasteiger partial charge is 0.214 e. The molecular weight excluding hydrogens is 424 g/mol. The van der Waals surface area contributed by atoms with Crippen LogP contribution in [-0.4, -0.2) is 51.6 Å². The lowest BCUT2D eigenvalue weighted by atomic mass is 9.86. The van der Waals surface area contributed by atoms with Crippen molar-refractivity contribution in [1.29, 1.82) is 0 Å². The van der Waals surface area contributed by atoms with Crippen LogP contribution in [0.5, 0.6) is 0 Å². The molecule has 0 spiro atoms. The molecule has 9 heteroatoms. The number of rotatable bonds is 7. The normalized spacial score (nSPS) is 27.5. The molecule has 0 aromatic heterocycles. The molecule has 31 heavy (non-hydrogen) atoms. The summed E-state index contributed by atoms with van der Waals surface area (Å²) in [7, 11) is -3.27. The zero-order chi connectivity index (χ0) is 22.8. The maximum absolute atomic E-state index is 14.8. The summed E-state index contributed by atoms with van der Waals surface area (Å²) >= 11 is 0. The van der Waals surface area contributed by atoms with Crippen molar-refractivity contribution >= 4 is 21.4 Å². The molecule has 6 nitrogen and oxygen atoms in total. The second kappa shape index (κ2) is 10.0. The standard InChI is InChI=1S/C22H35F2N3O3S/c1-14(2)31(28,29)26-18-7-5-17(6-8-18)11-25-19-9-10-20(22(24)21(19)23)27-12-15(3)30-16(4)13-27/h9-10,14-18,25-26H,5-8,11-13H2,1-4H3/t15-,16?,17?,18?/m1/s1. The maximum Gasteiger partial charge on any atom is 0.214 e. The highest BCUT2D eigenvalue weighted by molar-refractivity contribution is 7.90. The van der Waals surface area contributed by atoms with E-state index in [-0.39, 0.29) is 29.6 Å². The molecule has 0 amide bonds. The number of anilines is 2. The van der Waals surface area contributed by atoms with Gasteiger partial charge in [-0.2, -0.15) is 0 Å². The van der Waals surface area contributed by atoms with Gasteiger partial charge in [-0.3, -0.25) is 0 Å². The lowest BCUT2D eigenvalue weighted by Gasteiger charge is -2.37. The molecule has 1 aromatic carbocycles. The van der Waals surface area contributed by atoms with E-state index in [1.807, 2.05) is 18.7 Å². The van der Waals surface area contributed by atoms with E-state index in [0.717, 1.165) is 25.7 Å². The van der Waals surface area contributed by atoms with E-state index in [2.05, 4.69) is 10.0 Å². The second-order valence-corrected chi connectivity index (χ2v) is 11.5. The van der Waals surface area contributed by atoms with Gasteiger partial charge in [0, 0.05) is 25.7 Å². The zero-order valence-corrected chi connectivity index (χ0v) is 19.6. The van der Waals surface area contributed by atoms with Gasteiger partial charge >= 0.3 is 0 Å². The minimum Gasteiger partial charge on any atom is -0.382 e. The van der Waals surface area contributed by atoms with Crippen molar-refractivity contribution in [1.82, 2.24) is 4.72 Å². The van der Waals surface area contributed by atoms with Crippen molar-refractivity contribution < 1.29 is 21.9 Å². The van der Waals surface area contributed by atoms with Crippen LogP contribution >= 0.6 is 0 Å². The van der Waals surface area contributed by atoms with E-state index >= 15 is 0 Å². The van der Waals surface area contributed by atoms with E-state index in [4.69, 9.17) is 4.74 Å². The van der Waals surface area contributed by atoms with Crippen LogP contribution in [0.15, 0.2) is 12.1 Å². The molecule has 1 aromatic rings. The Morgan fingerprint density at radius 2 is 1.68 bits per heavy atom. The number of ether oxygens (including phenoxy) is 1. The predicted octanol–water partition coefficient (Wildman–Crippen LogP) is 3.88. The summed E-state index contributed by atoms with van der Waals surface area (Å²) in [5.41, 5.74) is 0.432. The fourth-order valence-electron chi connectivity index (χ4n) is 4.40. The van der Waals surface area contributed by atoms with Crippen molar-refractivity contribution in [3.8, 4) is 0 Å². The summed E-state index contributed by atoms with van der Waals surface area (Å²) in [6.45, 7) is 8.76. The summed E-state index contributed by atoms with van der Waals surface area (Å²) in [6, 6.07) is 3.18.